The normalized spacial score (nSPS) is 12.2. The lowest BCUT2D eigenvalue weighted by Gasteiger charge is -2.25. The van der Waals surface area contributed by atoms with Crippen molar-refractivity contribution in [3.63, 3.8) is 0 Å². The average molecular weight is 331 g/mol. The summed E-state index contributed by atoms with van der Waals surface area (Å²) in [6.45, 7) is 3.29. The van der Waals surface area contributed by atoms with Gasteiger partial charge < -0.3 is 15.1 Å². The Morgan fingerprint density at radius 3 is 2.52 bits per heavy atom. The van der Waals surface area contributed by atoms with Crippen LogP contribution >= 0.6 is 11.3 Å². The summed E-state index contributed by atoms with van der Waals surface area (Å²) in [4.78, 5) is 17.5. The number of amides is 2. The van der Waals surface area contributed by atoms with Crippen LogP contribution in [0.5, 0.6) is 0 Å². The van der Waals surface area contributed by atoms with Gasteiger partial charge in [0.1, 0.15) is 0 Å². The Hall–Kier alpha value is -1.85. The molecule has 1 aromatic heterocycles. The topological polar surface area (TPSA) is 35.6 Å². The zero-order valence-corrected chi connectivity index (χ0v) is 15.1. The second-order valence-corrected chi connectivity index (χ2v) is 6.94. The Kier molecular flexibility index (Phi) is 6.19. The highest BCUT2D eigenvalue weighted by Gasteiger charge is 2.17. The lowest BCUT2D eigenvalue weighted by atomic mass is 10.1. The first-order valence-electron chi connectivity index (χ1n) is 7.72. The van der Waals surface area contributed by atoms with Crippen LogP contribution in [-0.2, 0) is 6.54 Å². The molecule has 2 amide bonds. The molecule has 23 heavy (non-hydrogen) atoms. The second kappa shape index (κ2) is 8.13. The van der Waals surface area contributed by atoms with Gasteiger partial charge in [0.15, 0.2) is 0 Å². The third kappa shape index (κ3) is 4.81. The first-order chi connectivity index (χ1) is 11.0. The second-order valence-electron chi connectivity index (χ2n) is 5.96. The van der Waals surface area contributed by atoms with Gasteiger partial charge in [0, 0.05) is 25.0 Å². The van der Waals surface area contributed by atoms with Gasteiger partial charge in [0.25, 0.3) is 0 Å². The van der Waals surface area contributed by atoms with Crippen LogP contribution in [0.3, 0.4) is 0 Å². The van der Waals surface area contributed by atoms with Gasteiger partial charge in [-0.15, -0.1) is 11.3 Å². The molecular formula is C18H25N3OS. The van der Waals surface area contributed by atoms with Crippen LogP contribution in [0.4, 0.5) is 4.79 Å². The highest BCUT2D eigenvalue weighted by molar-refractivity contribution is 7.10. The Morgan fingerprint density at radius 1 is 1.17 bits per heavy atom. The van der Waals surface area contributed by atoms with E-state index in [0.717, 1.165) is 0 Å². The highest BCUT2D eigenvalue weighted by Crippen LogP contribution is 2.22. The SMILES string of the molecule is Cc1ccccc1CN(C)C(=O)NCC(c1cccs1)N(C)C. The Bertz CT molecular complexity index is 625. The molecule has 0 fully saturated rings. The zero-order valence-electron chi connectivity index (χ0n) is 14.2. The van der Waals surface area contributed by atoms with Gasteiger partial charge in [-0.2, -0.15) is 0 Å². The summed E-state index contributed by atoms with van der Waals surface area (Å²) in [6, 6.07) is 12.5. The van der Waals surface area contributed by atoms with Crippen LogP contribution in [0.25, 0.3) is 0 Å². The molecule has 0 saturated heterocycles. The molecule has 1 heterocycles. The monoisotopic (exact) mass is 331 g/mol. The fourth-order valence-corrected chi connectivity index (χ4v) is 3.37. The Morgan fingerprint density at radius 2 is 1.91 bits per heavy atom. The molecule has 2 aromatic rings. The molecule has 4 nitrogen and oxygen atoms in total. The molecule has 0 radical (unpaired) electrons. The van der Waals surface area contributed by atoms with Crippen LogP contribution in [0, 0.1) is 6.92 Å². The van der Waals surface area contributed by atoms with Crippen molar-refractivity contribution in [2.75, 3.05) is 27.7 Å². The number of benzene rings is 1. The molecule has 0 aliphatic heterocycles. The molecule has 1 aromatic carbocycles. The Balaban J connectivity index is 1.92. The number of carbonyl (C=O) groups excluding carboxylic acids is 1. The van der Waals surface area contributed by atoms with E-state index in [-0.39, 0.29) is 12.1 Å². The minimum absolute atomic E-state index is 0.0448. The van der Waals surface area contributed by atoms with Crippen LogP contribution in [-0.4, -0.2) is 43.5 Å². The van der Waals surface area contributed by atoms with E-state index in [2.05, 4.69) is 40.7 Å². The zero-order chi connectivity index (χ0) is 16.8. The molecule has 1 unspecified atom stereocenters. The maximum Gasteiger partial charge on any atom is 0.317 e. The van der Waals surface area contributed by atoms with Gasteiger partial charge in [-0.05, 0) is 43.6 Å². The summed E-state index contributed by atoms with van der Waals surface area (Å²) in [6.07, 6.45) is 0. The first kappa shape index (κ1) is 17.5. The van der Waals surface area contributed by atoms with Crippen LogP contribution in [0.15, 0.2) is 41.8 Å². The lowest BCUT2D eigenvalue weighted by molar-refractivity contribution is 0.201. The standard InChI is InChI=1S/C18H25N3OS/c1-14-8-5-6-9-15(14)13-21(4)18(22)19-12-16(20(2)3)17-10-7-11-23-17/h5-11,16H,12-13H2,1-4H3,(H,19,22). The number of rotatable bonds is 6. The third-order valence-electron chi connectivity index (χ3n) is 3.96. The van der Waals surface area contributed by atoms with Gasteiger partial charge in [-0.1, -0.05) is 30.3 Å². The van der Waals surface area contributed by atoms with Crippen molar-refractivity contribution in [3.05, 3.63) is 57.8 Å². The average Bonchev–Trinajstić information content (AvgIpc) is 3.03. The molecular weight excluding hydrogens is 306 g/mol. The summed E-state index contributed by atoms with van der Waals surface area (Å²) >= 11 is 1.72. The minimum Gasteiger partial charge on any atom is -0.336 e. The van der Waals surface area contributed by atoms with Gasteiger partial charge in [-0.25, -0.2) is 4.79 Å². The summed E-state index contributed by atoms with van der Waals surface area (Å²) in [7, 11) is 5.90. The van der Waals surface area contributed by atoms with Gasteiger partial charge in [-0.3, -0.25) is 0 Å². The summed E-state index contributed by atoms with van der Waals surface area (Å²) in [5.41, 5.74) is 2.38. The molecule has 0 spiro atoms. The van der Waals surface area contributed by atoms with E-state index in [1.54, 1.807) is 16.2 Å². The van der Waals surface area contributed by atoms with E-state index < -0.39 is 0 Å². The van der Waals surface area contributed by atoms with Crippen molar-refractivity contribution in [2.24, 2.45) is 0 Å². The number of carbonyl (C=O) groups is 1. The number of likely N-dealkylation sites (N-methyl/N-ethyl adjacent to an activating group) is 1. The summed E-state index contributed by atoms with van der Waals surface area (Å²) in [5, 5.41) is 5.11. The van der Waals surface area contributed by atoms with E-state index in [1.165, 1.54) is 16.0 Å². The molecule has 0 bridgehead atoms. The summed E-state index contributed by atoms with van der Waals surface area (Å²) in [5.74, 6) is 0. The lowest BCUT2D eigenvalue weighted by Crippen LogP contribution is -2.41. The predicted octanol–water partition coefficient (Wildman–Crippen LogP) is 3.50. The smallest absolute Gasteiger partial charge is 0.317 e. The molecule has 5 heteroatoms. The van der Waals surface area contributed by atoms with Crippen molar-refractivity contribution in [3.8, 4) is 0 Å². The number of thiophene rings is 1. The fourth-order valence-electron chi connectivity index (χ4n) is 2.45. The maximum absolute atomic E-state index is 12.4. The van der Waals surface area contributed by atoms with Crippen molar-refractivity contribution in [2.45, 2.75) is 19.5 Å². The number of hydrogen-bond acceptors (Lipinski definition) is 3. The maximum atomic E-state index is 12.4. The largest absolute Gasteiger partial charge is 0.336 e. The number of nitrogens with one attached hydrogen (secondary N) is 1. The molecule has 124 valence electrons. The van der Waals surface area contributed by atoms with Crippen molar-refractivity contribution >= 4 is 17.4 Å². The third-order valence-corrected chi connectivity index (χ3v) is 4.93. The quantitative estimate of drug-likeness (QED) is 0.879. The van der Waals surface area contributed by atoms with Crippen molar-refractivity contribution in [1.82, 2.24) is 15.1 Å². The number of aryl methyl sites for hydroxylation is 1. The van der Waals surface area contributed by atoms with Gasteiger partial charge >= 0.3 is 6.03 Å². The molecule has 0 aliphatic rings. The number of hydrogen-bond donors (Lipinski definition) is 1. The number of nitrogens with zero attached hydrogens (tertiary/aromatic N) is 2. The van der Waals surface area contributed by atoms with Crippen molar-refractivity contribution in [1.29, 1.82) is 0 Å². The van der Waals surface area contributed by atoms with Crippen LogP contribution < -0.4 is 5.32 Å². The summed E-state index contributed by atoms with van der Waals surface area (Å²) < 4.78 is 0. The number of urea groups is 1. The molecule has 0 aliphatic carbocycles. The van der Waals surface area contributed by atoms with E-state index in [9.17, 15) is 4.79 Å². The van der Waals surface area contributed by atoms with E-state index >= 15 is 0 Å². The Labute approximate surface area is 142 Å². The van der Waals surface area contributed by atoms with Crippen LogP contribution in [0.1, 0.15) is 22.0 Å². The highest BCUT2D eigenvalue weighted by atomic mass is 32.1. The van der Waals surface area contributed by atoms with Crippen molar-refractivity contribution < 1.29 is 4.79 Å². The molecule has 2 rings (SSSR count). The van der Waals surface area contributed by atoms with Crippen LogP contribution in [0.2, 0.25) is 0 Å². The fraction of sp³-hybridized carbons (Fsp3) is 0.389. The van der Waals surface area contributed by atoms with Gasteiger partial charge in [0.05, 0.1) is 6.04 Å². The van der Waals surface area contributed by atoms with E-state index in [1.807, 2.05) is 39.3 Å². The molecule has 1 atom stereocenters. The van der Waals surface area contributed by atoms with E-state index in [4.69, 9.17) is 0 Å². The molecule has 0 saturated carbocycles. The molecule has 1 N–H and O–H groups in total. The predicted molar refractivity (Wildman–Crippen MR) is 96.8 cm³/mol. The van der Waals surface area contributed by atoms with E-state index in [0.29, 0.717) is 13.1 Å². The first-order valence-corrected chi connectivity index (χ1v) is 8.60. The van der Waals surface area contributed by atoms with Gasteiger partial charge in [0.2, 0.25) is 0 Å². The minimum atomic E-state index is -0.0448.